The van der Waals surface area contributed by atoms with E-state index >= 15 is 0 Å². The molecule has 3 aliphatic rings. The van der Waals surface area contributed by atoms with E-state index in [1.807, 2.05) is 33.0 Å². The van der Waals surface area contributed by atoms with E-state index in [2.05, 4.69) is 41.5 Å². The van der Waals surface area contributed by atoms with Gasteiger partial charge < -0.3 is 20.9 Å². The van der Waals surface area contributed by atoms with Crippen LogP contribution in [0, 0.1) is 0 Å². The van der Waals surface area contributed by atoms with Crippen molar-refractivity contribution in [2.24, 2.45) is 0 Å². The van der Waals surface area contributed by atoms with E-state index in [9.17, 15) is 9.59 Å². The van der Waals surface area contributed by atoms with Crippen molar-refractivity contribution in [3.63, 3.8) is 0 Å². The normalized spacial score (nSPS) is 23.5. The van der Waals surface area contributed by atoms with Crippen LogP contribution in [0.3, 0.4) is 0 Å². The molecule has 3 N–H and O–H groups in total. The van der Waals surface area contributed by atoms with E-state index < -0.39 is 0 Å². The molecule has 10 heteroatoms. The van der Waals surface area contributed by atoms with Gasteiger partial charge in [0, 0.05) is 59.5 Å². The van der Waals surface area contributed by atoms with E-state index in [1.165, 1.54) is 11.3 Å². The summed E-state index contributed by atoms with van der Waals surface area (Å²) in [7, 11) is 0. The molecule has 3 aromatic heterocycles. The molecule has 9 nitrogen and oxygen atoms in total. The van der Waals surface area contributed by atoms with Crippen LogP contribution in [0.5, 0.6) is 0 Å². The maximum Gasteiger partial charge on any atom is 0.264 e. The van der Waals surface area contributed by atoms with Gasteiger partial charge in [-0.25, -0.2) is 4.98 Å². The van der Waals surface area contributed by atoms with Gasteiger partial charge in [-0.3, -0.25) is 9.59 Å². The molecule has 1 saturated carbocycles. The molecule has 36 heavy (non-hydrogen) atoms. The lowest BCUT2D eigenvalue weighted by atomic mass is 10.1. The molecular formula is C26H29N7O2S. The van der Waals surface area contributed by atoms with Crippen LogP contribution in [-0.2, 0) is 4.79 Å². The van der Waals surface area contributed by atoms with Crippen molar-refractivity contribution in [1.29, 1.82) is 0 Å². The zero-order valence-corrected chi connectivity index (χ0v) is 21.2. The van der Waals surface area contributed by atoms with Crippen LogP contribution in [0.15, 0.2) is 41.6 Å². The summed E-state index contributed by atoms with van der Waals surface area (Å²) in [5.41, 5.74) is 4.65. The number of aromatic nitrogens is 3. The van der Waals surface area contributed by atoms with Crippen molar-refractivity contribution in [1.82, 2.24) is 30.1 Å². The number of thiophene rings is 1. The van der Waals surface area contributed by atoms with Crippen molar-refractivity contribution in [3.8, 4) is 11.3 Å². The number of rotatable bonds is 5. The maximum absolute atomic E-state index is 13.2. The van der Waals surface area contributed by atoms with Crippen molar-refractivity contribution >= 4 is 40.7 Å². The molecule has 1 aliphatic carbocycles. The van der Waals surface area contributed by atoms with Crippen LogP contribution in [0.4, 0.5) is 5.82 Å². The third-order valence-electron chi connectivity index (χ3n) is 6.74. The summed E-state index contributed by atoms with van der Waals surface area (Å²) in [6, 6.07) is 4.92. The average molecular weight is 504 g/mol. The molecule has 0 radical (unpaired) electrons. The highest BCUT2D eigenvalue weighted by Gasteiger charge is 2.27. The second-order valence-corrected chi connectivity index (χ2v) is 10.9. The van der Waals surface area contributed by atoms with Gasteiger partial charge in [-0.1, -0.05) is 6.58 Å². The summed E-state index contributed by atoms with van der Waals surface area (Å²) in [5, 5.41) is 16.4. The minimum absolute atomic E-state index is 0.0591. The topological polar surface area (TPSA) is 104 Å². The van der Waals surface area contributed by atoms with Crippen LogP contribution in [0.2, 0.25) is 0 Å². The summed E-state index contributed by atoms with van der Waals surface area (Å²) in [6.45, 7) is 9.56. The Morgan fingerprint density at radius 1 is 1.25 bits per heavy atom. The molecule has 6 rings (SSSR count). The molecule has 0 unspecified atom stereocenters. The number of piperazine rings is 1. The number of hydrogen-bond acceptors (Lipinski definition) is 7. The fourth-order valence-corrected chi connectivity index (χ4v) is 5.77. The minimum Gasteiger partial charge on any atom is -0.367 e. The van der Waals surface area contributed by atoms with Crippen LogP contribution >= 0.6 is 11.3 Å². The summed E-state index contributed by atoms with van der Waals surface area (Å²) in [4.78, 5) is 32.6. The number of nitrogens with zero attached hydrogens (tertiary/aromatic N) is 4. The number of carbonyl (C=O) groups excluding carboxylic acids is 2. The van der Waals surface area contributed by atoms with Gasteiger partial charge in [-0.2, -0.15) is 9.61 Å². The number of nitrogens with one attached hydrogen (secondary N) is 3. The lowest BCUT2D eigenvalue weighted by Gasteiger charge is -2.35. The van der Waals surface area contributed by atoms with Gasteiger partial charge in [0.2, 0.25) is 5.91 Å². The first kappa shape index (κ1) is 22.9. The monoisotopic (exact) mass is 503 g/mol. The zero-order chi connectivity index (χ0) is 25.0. The predicted octanol–water partition coefficient (Wildman–Crippen LogP) is 3.27. The molecule has 2 atom stereocenters. The molecule has 2 aliphatic heterocycles. The number of hydrogen-bond donors (Lipinski definition) is 3. The van der Waals surface area contributed by atoms with Crippen LogP contribution in [-0.4, -0.2) is 62.5 Å². The molecule has 186 valence electrons. The first-order valence-electron chi connectivity index (χ1n) is 12.3. The largest absolute Gasteiger partial charge is 0.367 e. The van der Waals surface area contributed by atoms with Crippen molar-refractivity contribution in [2.45, 2.75) is 51.2 Å². The molecular weight excluding hydrogens is 474 g/mol. The van der Waals surface area contributed by atoms with E-state index in [4.69, 9.17) is 4.98 Å². The Kier molecular flexibility index (Phi) is 5.65. The Labute approximate surface area is 213 Å². The number of amides is 2. The number of anilines is 1. The quantitative estimate of drug-likeness (QED) is 0.494. The average Bonchev–Trinajstić information content (AvgIpc) is 3.22. The molecule has 2 amide bonds. The second kappa shape index (κ2) is 8.86. The Hall–Kier alpha value is -3.50. The van der Waals surface area contributed by atoms with E-state index in [0.717, 1.165) is 41.1 Å². The van der Waals surface area contributed by atoms with Gasteiger partial charge in [0.25, 0.3) is 5.91 Å². The van der Waals surface area contributed by atoms with E-state index in [1.54, 1.807) is 6.20 Å². The Balaban J connectivity index is 1.36. The zero-order valence-electron chi connectivity index (χ0n) is 20.4. The first-order valence-corrected chi connectivity index (χ1v) is 13.2. The van der Waals surface area contributed by atoms with Gasteiger partial charge in [0.05, 0.1) is 23.2 Å². The summed E-state index contributed by atoms with van der Waals surface area (Å²) in [5.74, 6) is 0.872. The Morgan fingerprint density at radius 2 is 2.03 bits per heavy atom. The van der Waals surface area contributed by atoms with E-state index in [0.29, 0.717) is 41.8 Å². The molecule has 3 fully saturated rings. The highest BCUT2D eigenvalue weighted by Crippen LogP contribution is 2.32. The van der Waals surface area contributed by atoms with Gasteiger partial charge in [0.1, 0.15) is 5.82 Å². The van der Waals surface area contributed by atoms with Gasteiger partial charge in [0.15, 0.2) is 5.65 Å². The smallest absolute Gasteiger partial charge is 0.264 e. The molecule has 5 heterocycles. The first-order chi connectivity index (χ1) is 17.3. The van der Waals surface area contributed by atoms with E-state index in [-0.39, 0.29) is 23.9 Å². The van der Waals surface area contributed by atoms with Gasteiger partial charge in [-0.15, -0.1) is 11.3 Å². The lowest BCUT2D eigenvalue weighted by Crippen LogP contribution is -2.55. The third kappa shape index (κ3) is 4.42. The lowest BCUT2D eigenvalue weighted by molar-refractivity contribution is -0.118. The molecule has 3 aromatic rings. The van der Waals surface area contributed by atoms with Crippen molar-refractivity contribution in [2.75, 3.05) is 18.4 Å². The SMILES string of the molecule is C=C1NC(=O)C/C1=C\c1cnn2c(NC3CC3)cc(-c3csc(C(=O)N4C[C@@H](C)N[C@@H](C)C4)c3)nc12. The van der Waals surface area contributed by atoms with Gasteiger partial charge in [-0.05, 0) is 44.4 Å². The summed E-state index contributed by atoms with van der Waals surface area (Å²) >= 11 is 1.46. The highest BCUT2D eigenvalue weighted by molar-refractivity contribution is 7.12. The van der Waals surface area contributed by atoms with Gasteiger partial charge >= 0.3 is 0 Å². The molecule has 2 saturated heterocycles. The van der Waals surface area contributed by atoms with Crippen LogP contribution in [0.25, 0.3) is 23.0 Å². The minimum atomic E-state index is -0.0591. The second-order valence-electron chi connectivity index (χ2n) is 10.0. The molecule has 0 spiro atoms. The predicted molar refractivity (Wildman–Crippen MR) is 141 cm³/mol. The molecule has 0 aromatic carbocycles. The fraction of sp³-hybridized carbons (Fsp3) is 0.385. The standard InChI is InChI=1S/C26H29N7O2S/c1-14-11-32(12-15(2)28-14)26(35)22-7-19(13-36-22)21-9-23(30-20-4-5-20)33-25(31-21)18(10-27-33)6-17-8-24(34)29-16(17)3/h6-7,9-10,13-15,20,28,30H,3-5,8,11-12H2,1-2H3,(H,29,34)/b17-6+/t14-,15+. The number of allylic oxidation sites excluding steroid dienone is 1. The maximum atomic E-state index is 13.2. The Bertz CT molecular complexity index is 1410. The third-order valence-corrected chi connectivity index (χ3v) is 7.66. The van der Waals surface area contributed by atoms with Crippen molar-refractivity contribution < 1.29 is 9.59 Å². The van der Waals surface area contributed by atoms with Crippen molar-refractivity contribution in [3.05, 3.63) is 52.0 Å². The highest BCUT2D eigenvalue weighted by atomic mass is 32.1. The summed E-state index contributed by atoms with van der Waals surface area (Å²) in [6.07, 6.45) is 6.24. The number of fused-ring (bicyclic) bond motifs is 1. The Morgan fingerprint density at radius 3 is 2.72 bits per heavy atom. The van der Waals surface area contributed by atoms with Crippen LogP contribution in [0.1, 0.15) is 48.3 Å². The number of carbonyl (C=O) groups is 2. The van der Waals surface area contributed by atoms with Crippen LogP contribution < -0.4 is 16.0 Å². The molecule has 0 bridgehead atoms. The summed E-state index contributed by atoms with van der Waals surface area (Å²) < 4.78 is 1.81. The fourth-order valence-electron chi connectivity index (χ4n) is 4.90.